The first-order chi connectivity index (χ1) is 35.0. The molecule has 3 aliphatic heterocycles. The number of fused-ring (bicyclic) bond motifs is 9. The zero-order chi connectivity index (χ0) is 47.5. The lowest BCUT2D eigenvalue weighted by atomic mass is 9.65. The van der Waals surface area contributed by atoms with Gasteiger partial charge in [0.15, 0.2) is 0 Å². The average molecular weight is 918 g/mol. The van der Waals surface area contributed by atoms with Crippen molar-refractivity contribution in [2.24, 2.45) is 9.98 Å². The van der Waals surface area contributed by atoms with E-state index in [1.165, 1.54) is 27.8 Å². The molecule has 8 heteroatoms. The van der Waals surface area contributed by atoms with Crippen molar-refractivity contribution < 1.29 is 4.74 Å². The van der Waals surface area contributed by atoms with Gasteiger partial charge in [0.25, 0.3) is 0 Å². The molecule has 0 saturated heterocycles. The summed E-state index contributed by atoms with van der Waals surface area (Å²) in [5.41, 5.74) is 16.5. The number of para-hydroxylation sites is 1. The van der Waals surface area contributed by atoms with Crippen molar-refractivity contribution in [3.8, 4) is 39.8 Å². The van der Waals surface area contributed by atoms with Crippen LogP contribution in [0.4, 0.5) is 0 Å². The summed E-state index contributed by atoms with van der Waals surface area (Å²) in [6, 6.07) is 78.7. The summed E-state index contributed by atoms with van der Waals surface area (Å²) in [5.74, 6) is 3.24. The van der Waals surface area contributed by atoms with Gasteiger partial charge < -0.3 is 15.4 Å². The predicted molar refractivity (Wildman–Crippen MR) is 281 cm³/mol. The monoisotopic (exact) mass is 917 g/mol. The third-order valence-electron chi connectivity index (χ3n) is 14.4. The van der Waals surface area contributed by atoms with Gasteiger partial charge in [-0.15, -0.1) is 0 Å². The van der Waals surface area contributed by atoms with Gasteiger partial charge >= 0.3 is 0 Å². The summed E-state index contributed by atoms with van der Waals surface area (Å²) in [6.07, 6.45) is -1.20. The van der Waals surface area contributed by atoms with Gasteiger partial charge in [0.1, 0.15) is 47.8 Å². The average Bonchev–Trinajstić information content (AvgIpc) is 3.73. The van der Waals surface area contributed by atoms with Crippen LogP contribution >= 0.6 is 0 Å². The van der Waals surface area contributed by atoms with Crippen LogP contribution in [-0.2, 0) is 5.41 Å². The van der Waals surface area contributed by atoms with Crippen molar-refractivity contribution in [2.75, 3.05) is 0 Å². The summed E-state index contributed by atoms with van der Waals surface area (Å²) in [6.45, 7) is 2.19. The number of hydrogen-bond acceptors (Lipinski definition) is 8. The summed E-state index contributed by atoms with van der Waals surface area (Å²) in [5, 5.41) is 24.8. The molecule has 13 rings (SSSR count). The summed E-state index contributed by atoms with van der Waals surface area (Å²) < 4.78 is 7.08. The fourth-order valence-corrected chi connectivity index (χ4v) is 11.1. The topological polar surface area (TPSA) is 106 Å². The van der Waals surface area contributed by atoms with Gasteiger partial charge in [0.05, 0.1) is 17.0 Å². The molecule has 9 aromatic rings. The number of benzene rings is 9. The van der Waals surface area contributed by atoms with Crippen LogP contribution in [0.3, 0.4) is 0 Å². The van der Waals surface area contributed by atoms with E-state index in [4.69, 9.17) is 14.7 Å². The third-order valence-corrected chi connectivity index (χ3v) is 14.4. The molecule has 0 saturated carbocycles. The molecule has 4 aliphatic rings. The van der Waals surface area contributed by atoms with Crippen LogP contribution in [0.15, 0.2) is 228 Å². The lowest BCUT2D eigenvalue weighted by Crippen LogP contribution is -2.45. The van der Waals surface area contributed by atoms with E-state index in [1.807, 2.05) is 42.5 Å². The minimum absolute atomic E-state index is 0.234. The van der Waals surface area contributed by atoms with Crippen molar-refractivity contribution in [1.82, 2.24) is 21.3 Å². The Labute approximate surface area is 413 Å². The highest BCUT2D eigenvalue weighted by atomic mass is 16.5. The molecule has 5 atom stereocenters. The number of hydrogen-bond donors (Lipinski definition) is 4. The molecular formula is C63H47N7O. The van der Waals surface area contributed by atoms with E-state index in [9.17, 15) is 5.26 Å². The first-order valence-electron chi connectivity index (χ1n) is 24.2. The van der Waals surface area contributed by atoms with Crippen molar-refractivity contribution >= 4 is 11.7 Å². The van der Waals surface area contributed by atoms with Gasteiger partial charge in [-0.2, -0.15) is 5.26 Å². The van der Waals surface area contributed by atoms with Gasteiger partial charge in [0.2, 0.25) is 0 Å². The van der Waals surface area contributed by atoms with Crippen LogP contribution in [0.5, 0.6) is 11.5 Å². The first-order valence-corrected chi connectivity index (χ1v) is 24.2. The van der Waals surface area contributed by atoms with Crippen LogP contribution in [0, 0.1) is 18.3 Å². The van der Waals surface area contributed by atoms with E-state index in [2.05, 4.69) is 210 Å². The molecule has 1 aliphatic carbocycles. The maximum atomic E-state index is 9.44. The summed E-state index contributed by atoms with van der Waals surface area (Å²) in [7, 11) is 0. The van der Waals surface area contributed by atoms with Gasteiger partial charge in [-0.1, -0.05) is 194 Å². The fraction of sp³-hybridized carbons (Fsp3) is 0.0952. The lowest BCUT2D eigenvalue weighted by Gasteiger charge is -2.40. The molecule has 0 bridgehead atoms. The Morgan fingerprint density at radius 3 is 1.87 bits per heavy atom. The van der Waals surface area contributed by atoms with E-state index in [-0.39, 0.29) is 18.5 Å². The minimum Gasteiger partial charge on any atom is -0.457 e. The highest BCUT2D eigenvalue weighted by molar-refractivity contribution is 6.01. The van der Waals surface area contributed by atoms with E-state index in [1.54, 1.807) is 0 Å². The summed E-state index contributed by atoms with van der Waals surface area (Å²) in [4.78, 5) is 10.7. The number of nitriles is 1. The zero-order valence-corrected chi connectivity index (χ0v) is 38.8. The molecule has 4 N–H and O–H groups in total. The number of rotatable bonds is 7. The van der Waals surface area contributed by atoms with E-state index in [0.29, 0.717) is 5.56 Å². The van der Waals surface area contributed by atoms with Crippen LogP contribution in [-0.4, -0.2) is 11.7 Å². The van der Waals surface area contributed by atoms with Gasteiger partial charge in [-0.3, -0.25) is 10.6 Å². The number of nitrogens with one attached hydrogen (secondary N) is 4. The molecular weight excluding hydrogens is 871 g/mol. The quantitative estimate of drug-likeness (QED) is 0.127. The van der Waals surface area contributed by atoms with Crippen LogP contribution < -0.4 is 26.0 Å². The number of aryl methyl sites for hydroxylation is 1. The van der Waals surface area contributed by atoms with E-state index < -0.39 is 11.6 Å². The maximum absolute atomic E-state index is 9.44. The molecule has 9 aromatic carbocycles. The largest absolute Gasteiger partial charge is 0.457 e. The molecule has 0 amide bonds. The number of amidine groups is 2. The SMILES string of the molecule is Cc1ccc2c(c1)C1(c3ccccc3Oc3cc(C4N=C(c5cccc(-c6ccc(C#N)cc6)c5)NC(c5ccccc5)N4)ccc31)c1cccc(C3NC(c4ccccc4)=NC(c4ccccc4)N3)c1-2. The molecule has 0 fully saturated rings. The van der Waals surface area contributed by atoms with Gasteiger partial charge in [-0.25, -0.2) is 9.98 Å². The smallest absolute Gasteiger partial charge is 0.132 e. The molecule has 1 spiro atoms. The van der Waals surface area contributed by atoms with Crippen LogP contribution in [0.1, 0.15) is 91.4 Å². The van der Waals surface area contributed by atoms with E-state index in [0.717, 1.165) is 78.8 Å². The molecule has 71 heavy (non-hydrogen) atoms. The standard InChI is InChI=1S/C63H47N7O/c1-39-27-33-48-53(35-39)63(52-25-14-23-49(56(48)52)62-69-58(43-17-7-3-8-18-43)65-59(70-62)44-19-9-4-10-20-44)50-24-11-12-26-54(50)71-55-37-47(32-34-51(55)63)61-67-57(42-15-5-2-6-16-42)66-60(68-61)46-22-13-21-45(36-46)41-30-28-40(38-64)29-31-41/h2-37,57-58,61-62,67,69H,1H3,(H,65,70)(H,66,68). The number of nitrogens with zero attached hydrogens (tertiary/aromatic N) is 3. The normalized spacial score (nSPS) is 20.3. The summed E-state index contributed by atoms with van der Waals surface area (Å²) >= 11 is 0. The Hall–Kier alpha value is -8.87. The zero-order valence-electron chi connectivity index (χ0n) is 38.8. The van der Waals surface area contributed by atoms with Crippen molar-refractivity contribution in [2.45, 2.75) is 37.0 Å². The molecule has 340 valence electrons. The van der Waals surface area contributed by atoms with E-state index >= 15 is 0 Å². The third kappa shape index (κ3) is 7.21. The van der Waals surface area contributed by atoms with Crippen LogP contribution in [0.25, 0.3) is 22.3 Å². The fourth-order valence-electron chi connectivity index (χ4n) is 11.1. The second-order valence-corrected chi connectivity index (χ2v) is 18.6. The number of aliphatic imine (C=N–C) groups is 2. The van der Waals surface area contributed by atoms with Crippen LogP contribution in [0.2, 0.25) is 0 Å². The molecule has 3 heterocycles. The van der Waals surface area contributed by atoms with Gasteiger partial charge in [0, 0.05) is 22.3 Å². The Kier molecular flexibility index (Phi) is 10.3. The van der Waals surface area contributed by atoms with Crippen molar-refractivity contribution in [3.63, 3.8) is 0 Å². The highest BCUT2D eigenvalue weighted by Crippen LogP contribution is 2.63. The van der Waals surface area contributed by atoms with Crippen molar-refractivity contribution in [3.05, 3.63) is 285 Å². The maximum Gasteiger partial charge on any atom is 0.132 e. The van der Waals surface area contributed by atoms with Crippen molar-refractivity contribution in [1.29, 1.82) is 5.26 Å². The number of ether oxygens (including phenoxy) is 1. The molecule has 0 radical (unpaired) electrons. The second kappa shape index (κ2) is 17.3. The highest BCUT2D eigenvalue weighted by Gasteiger charge is 2.52. The second-order valence-electron chi connectivity index (χ2n) is 18.6. The molecule has 5 unspecified atom stereocenters. The predicted octanol–water partition coefficient (Wildman–Crippen LogP) is 12.7. The lowest BCUT2D eigenvalue weighted by molar-refractivity contribution is 0.403. The first kappa shape index (κ1) is 42.2. The Bertz CT molecular complexity index is 3620. The van der Waals surface area contributed by atoms with Gasteiger partial charge in [-0.05, 0) is 92.9 Å². The Balaban J connectivity index is 0.951. The minimum atomic E-state index is -0.701. The molecule has 0 aromatic heterocycles. The molecule has 8 nitrogen and oxygen atoms in total. The Morgan fingerprint density at radius 1 is 0.465 bits per heavy atom. The Morgan fingerprint density at radius 2 is 1.08 bits per heavy atom.